The van der Waals surface area contributed by atoms with Crippen molar-refractivity contribution in [1.29, 1.82) is 0 Å². The topological polar surface area (TPSA) is 42.7 Å². The number of rotatable bonds is 2. The van der Waals surface area contributed by atoms with Gasteiger partial charge in [-0.2, -0.15) is 10.1 Å². The first-order chi connectivity index (χ1) is 10.7. The Kier molecular flexibility index (Phi) is 3.35. The van der Waals surface area contributed by atoms with Crippen molar-refractivity contribution in [2.45, 2.75) is 13.0 Å². The van der Waals surface area contributed by atoms with Crippen LogP contribution in [0.5, 0.6) is 0 Å². The van der Waals surface area contributed by atoms with Crippen molar-refractivity contribution in [3.8, 4) is 0 Å². The Labute approximate surface area is 140 Å². The quantitative estimate of drug-likeness (QED) is 0.721. The van der Waals surface area contributed by atoms with Crippen LogP contribution in [0.4, 0.5) is 5.95 Å². The van der Waals surface area contributed by atoms with Gasteiger partial charge in [-0.1, -0.05) is 24.3 Å². The maximum absolute atomic E-state index is 4.38. The van der Waals surface area contributed by atoms with Crippen LogP contribution >= 0.6 is 27.3 Å². The molecule has 0 fully saturated rings. The number of nitrogens with one attached hydrogen (secondary N) is 1. The summed E-state index contributed by atoms with van der Waals surface area (Å²) in [6.07, 6.45) is 3.80. The maximum Gasteiger partial charge on any atom is 0.226 e. The molecule has 3 aromatic rings. The fourth-order valence-electron chi connectivity index (χ4n) is 2.68. The molecule has 0 bridgehead atoms. The van der Waals surface area contributed by atoms with Crippen LogP contribution in [-0.2, 0) is 0 Å². The monoisotopic (exact) mass is 372 g/mol. The van der Waals surface area contributed by atoms with Crippen LogP contribution in [0.3, 0.4) is 0 Å². The summed E-state index contributed by atoms with van der Waals surface area (Å²) in [5, 5.41) is 7.75. The minimum atomic E-state index is 0.0517. The van der Waals surface area contributed by atoms with E-state index in [4.69, 9.17) is 0 Å². The van der Waals surface area contributed by atoms with Gasteiger partial charge in [-0.25, -0.2) is 4.68 Å². The zero-order valence-corrected chi connectivity index (χ0v) is 14.2. The van der Waals surface area contributed by atoms with E-state index >= 15 is 0 Å². The molecule has 0 saturated carbocycles. The van der Waals surface area contributed by atoms with Crippen molar-refractivity contribution in [3.05, 3.63) is 68.6 Å². The number of fused-ring (bicyclic) bond motifs is 1. The highest BCUT2D eigenvalue weighted by molar-refractivity contribution is 9.11. The van der Waals surface area contributed by atoms with E-state index in [1.807, 2.05) is 4.68 Å². The van der Waals surface area contributed by atoms with Gasteiger partial charge in [-0.05, 0) is 52.2 Å². The summed E-state index contributed by atoms with van der Waals surface area (Å²) in [5.74, 6) is 0.773. The van der Waals surface area contributed by atoms with Crippen molar-refractivity contribution in [2.75, 3.05) is 5.32 Å². The Hall–Kier alpha value is -1.92. The highest BCUT2D eigenvalue weighted by atomic mass is 79.9. The average molecular weight is 373 g/mol. The first kappa shape index (κ1) is 13.7. The molecule has 0 saturated heterocycles. The van der Waals surface area contributed by atoms with E-state index in [0.29, 0.717) is 0 Å². The molecule has 6 heteroatoms. The third-order valence-corrected chi connectivity index (χ3v) is 5.41. The summed E-state index contributed by atoms with van der Waals surface area (Å²) in [6.45, 7) is 2.13. The molecule has 4 rings (SSSR count). The van der Waals surface area contributed by atoms with Gasteiger partial charge in [0.1, 0.15) is 12.4 Å². The second-order valence-corrected chi connectivity index (χ2v) is 7.60. The number of nitrogens with zero attached hydrogens (tertiary/aromatic N) is 3. The summed E-state index contributed by atoms with van der Waals surface area (Å²) in [6, 6.07) is 12.6. The molecule has 1 N–H and O–H groups in total. The standard InChI is InChI=1S/C16H13BrN4S/c1-10-4-2-3-5-11(10)13-8-12(14-6-7-15(17)22-14)20-16-18-9-19-21(13)16/h2-9,13H,1H3,(H,18,19,20)/t13-/m0/s1. The number of thiophene rings is 1. The van der Waals surface area contributed by atoms with E-state index in [1.165, 1.54) is 16.0 Å². The van der Waals surface area contributed by atoms with Crippen molar-refractivity contribution in [2.24, 2.45) is 0 Å². The molecule has 1 aromatic carbocycles. The summed E-state index contributed by atoms with van der Waals surface area (Å²) in [7, 11) is 0. The van der Waals surface area contributed by atoms with E-state index in [-0.39, 0.29) is 6.04 Å². The second kappa shape index (κ2) is 5.37. The Balaban J connectivity index is 1.85. The van der Waals surface area contributed by atoms with Gasteiger partial charge in [0.25, 0.3) is 0 Å². The number of hydrogen-bond donors (Lipinski definition) is 1. The van der Waals surface area contributed by atoms with E-state index in [0.717, 1.165) is 15.4 Å². The molecular weight excluding hydrogens is 360 g/mol. The molecule has 1 aliphatic rings. The van der Waals surface area contributed by atoms with Gasteiger partial charge in [0, 0.05) is 0 Å². The number of aryl methyl sites for hydroxylation is 1. The Morgan fingerprint density at radius 3 is 2.86 bits per heavy atom. The van der Waals surface area contributed by atoms with Crippen molar-refractivity contribution < 1.29 is 0 Å². The minimum Gasteiger partial charge on any atom is -0.323 e. The number of aromatic nitrogens is 3. The molecule has 0 aliphatic carbocycles. The molecule has 0 spiro atoms. The van der Waals surface area contributed by atoms with Crippen molar-refractivity contribution in [3.63, 3.8) is 0 Å². The lowest BCUT2D eigenvalue weighted by molar-refractivity contribution is 0.609. The third kappa shape index (κ3) is 2.28. The van der Waals surface area contributed by atoms with E-state index in [1.54, 1.807) is 17.7 Å². The Morgan fingerprint density at radius 1 is 1.23 bits per heavy atom. The lowest BCUT2D eigenvalue weighted by atomic mass is 9.99. The maximum atomic E-state index is 4.38. The molecule has 0 amide bonds. The molecule has 1 atom stereocenters. The van der Waals surface area contributed by atoms with E-state index < -0.39 is 0 Å². The second-order valence-electron chi connectivity index (χ2n) is 5.14. The van der Waals surface area contributed by atoms with E-state index in [9.17, 15) is 0 Å². The highest BCUT2D eigenvalue weighted by Crippen LogP contribution is 2.36. The molecule has 4 nitrogen and oxygen atoms in total. The highest BCUT2D eigenvalue weighted by Gasteiger charge is 2.24. The first-order valence-electron chi connectivity index (χ1n) is 6.92. The SMILES string of the molecule is Cc1ccccc1[C@@H]1C=C(c2ccc(Br)s2)Nc2ncnn21. The van der Waals surface area contributed by atoms with Crippen LogP contribution in [-0.4, -0.2) is 14.8 Å². The van der Waals surface area contributed by atoms with Gasteiger partial charge in [0.2, 0.25) is 5.95 Å². The number of halogens is 1. The first-order valence-corrected chi connectivity index (χ1v) is 8.53. The third-order valence-electron chi connectivity index (χ3n) is 3.75. The number of hydrogen-bond acceptors (Lipinski definition) is 4. The van der Waals surface area contributed by atoms with Crippen LogP contribution in [0.25, 0.3) is 5.70 Å². The van der Waals surface area contributed by atoms with E-state index in [2.05, 4.69) is 80.7 Å². The molecular formula is C16H13BrN4S. The van der Waals surface area contributed by atoms with Crippen LogP contribution in [0, 0.1) is 6.92 Å². The number of benzene rings is 1. The van der Waals surface area contributed by atoms with Crippen molar-refractivity contribution in [1.82, 2.24) is 14.8 Å². The van der Waals surface area contributed by atoms with Gasteiger partial charge in [-0.15, -0.1) is 11.3 Å². The van der Waals surface area contributed by atoms with Crippen molar-refractivity contribution >= 4 is 38.9 Å². The van der Waals surface area contributed by atoms with Gasteiger partial charge < -0.3 is 5.32 Å². The normalized spacial score (nSPS) is 16.8. The van der Waals surface area contributed by atoms with Gasteiger partial charge in [0.15, 0.2) is 0 Å². The Morgan fingerprint density at radius 2 is 2.09 bits per heavy atom. The molecule has 110 valence electrons. The smallest absolute Gasteiger partial charge is 0.226 e. The van der Waals surface area contributed by atoms with Crippen LogP contribution in [0.1, 0.15) is 22.0 Å². The van der Waals surface area contributed by atoms with Gasteiger partial charge >= 0.3 is 0 Å². The van der Waals surface area contributed by atoms with Crippen LogP contribution in [0.2, 0.25) is 0 Å². The summed E-state index contributed by atoms with van der Waals surface area (Å²) in [4.78, 5) is 5.52. The lowest BCUT2D eigenvalue weighted by Crippen LogP contribution is -2.20. The predicted octanol–water partition coefficient (Wildman–Crippen LogP) is 4.47. The minimum absolute atomic E-state index is 0.0517. The fraction of sp³-hybridized carbons (Fsp3) is 0.125. The molecule has 2 aromatic heterocycles. The molecule has 3 heterocycles. The van der Waals surface area contributed by atoms with Gasteiger partial charge in [0.05, 0.1) is 14.4 Å². The zero-order valence-electron chi connectivity index (χ0n) is 11.8. The molecule has 22 heavy (non-hydrogen) atoms. The average Bonchev–Trinajstić information content (AvgIpc) is 3.15. The predicted molar refractivity (Wildman–Crippen MR) is 93.0 cm³/mol. The zero-order chi connectivity index (χ0) is 15.1. The summed E-state index contributed by atoms with van der Waals surface area (Å²) in [5.41, 5.74) is 3.56. The lowest BCUT2D eigenvalue weighted by Gasteiger charge is -2.24. The summed E-state index contributed by atoms with van der Waals surface area (Å²) < 4.78 is 3.04. The molecule has 0 unspecified atom stereocenters. The van der Waals surface area contributed by atoms with Crippen LogP contribution < -0.4 is 5.32 Å². The molecule has 0 radical (unpaired) electrons. The number of anilines is 1. The Bertz CT molecular complexity index is 864. The molecule has 1 aliphatic heterocycles. The largest absolute Gasteiger partial charge is 0.323 e. The van der Waals surface area contributed by atoms with Crippen LogP contribution in [0.15, 0.2) is 52.6 Å². The summed E-state index contributed by atoms with van der Waals surface area (Å²) >= 11 is 5.23. The number of allylic oxidation sites excluding steroid dienone is 1. The van der Waals surface area contributed by atoms with Gasteiger partial charge in [-0.3, -0.25) is 0 Å². The fourth-order valence-corrected chi connectivity index (χ4v) is 4.04.